The molecule has 2 atom stereocenters. The molecule has 3 aliphatic heterocycles. The number of carbonyl (C=O) groups is 2. The van der Waals surface area contributed by atoms with Gasteiger partial charge in [-0.05, 0) is 111 Å². The van der Waals surface area contributed by atoms with E-state index in [2.05, 4.69) is 17.0 Å². The van der Waals surface area contributed by atoms with Gasteiger partial charge in [0, 0.05) is 43.8 Å². The molecule has 59 heavy (non-hydrogen) atoms. The van der Waals surface area contributed by atoms with E-state index < -0.39 is 40.6 Å². The first-order valence-corrected chi connectivity index (χ1v) is 20.8. The molecule has 4 aliphatic rings. The summed E-state index contributed by atoms with van der Waals surface area (Å²) in [4.78, 5) is 32.5. The highest BCUT2D eigenvalue weighted by Crippen LogP contribution is 2.48. The highest BCUT2D eigenvalue weighted by atomic mass is 35.5. The van der Waals surface area contributed by atoms with Gasteiger partial charge in [-0.25, -0.2) is 0 Å². The van der Waals surface area contributed by atoms with Gasteiger partial charge in [-0.2, -0.15) is 26.3 Å². The van der Waals surface area contributed by atoms with Crippen molar-refractivity contribution >= 4 is 35.0 Å². The summed E-state index contributed by atoms with van der Waals surface area (Å²) in [5.41, 5.74) is -2.40. The standard InChI is InChI=1S/C43H47Cl2F6N3O5/c44-35-6-5-31(25-36(35)45)41(27-54(18-20-59-41)39(57)30-21-32(42(46,47)48)24-33(22-30)43(49,50)51)12-17-52-15-10-40(11-16-52)34-4-2-1-3-29(34)23-37(40)58-26-38(56)53-13-7-28(8-14-53)9-19-55/h1-6,21-22,24-25,28,37,55H,7-20,23,26-27H2/t37-,41-/m0/s1. The number of aliphatic hydroxyl groups is 1. The van der Waals surface area contributed by atoms with Crippen molar-refractivity contribution in [1.82, 2.24) is 14.7 Å². The first kappa shape index (κ1) is 43.7. The number of alkyl halides is 6. The van der Waals surface area contributed by atoms with Crippen LogP contribution in [-0.4, -0.2) is 103 Å². The van der Waals surface area contributed by atoms with Crippen molar-refractivity contribution in [2.24, 2.45) is 5.92 Å². The number of hydrogen-bond donors (Lipinski definition) is 1. The number of hydrogen-bond acceptors (Lipinski definition) is 6. The highest BCUT2D eigenvalue weighted by molar-refractivity contribution is 6.42. The second kappa shape index (κ2) is 17.5. The molecule has 1 N–H and O–H groups in total. The maximum Gasteiger partial charge on any atom is 0.416 e. The summed E-state index contributed by atoms with van der Waals surface area (Å²) < 4.78 is 95.3. The molecule has 2 amide bonds. The molecule has 3 saturated heterocycles. The minimum absolute atomic E-state index is 0.00223. The van der Waals surface area contributed by atoms with Crippen molar-refractivity contribution in [3.8, 4) is 0 Å². The van der Waals surface area contributed by atoms with E-state index in [1.54, 1.807) is 18.2 Å². The van der Waals surface area contributed by atoms with Gasteiger partial charge in [-0.3, -0.25) is 9.59 Å². The topological polar surface area (TPSA) is 82.5 Å². The summed E-state index contributed by atoms with van der Waals surface area (Å²) in [6.45, 7) is 3.03. The molecule has 0 unspecified atom stereocenters. The lowest BCUT2D eigenvalue weighted by molar-refractivity contribution is -0.143. The van der Waals surface area contributed by atoms with E-state index in [9.17, 15) is 41.0 Å². The van der Waals surface area contributed by atoms with Crippen LogP contribution in [-0.2, 0) is 44.1 Å². The summed E-state index contributed by atoms with van der Waals surface area (Å²) in [7, 11) is 0. The van der Waals surface area contributed by atoms with Crippen molar-refractivity contribution in [1.29, 1.82) is 0 Å². The number of piperidine rings is 2. The summed E-state index contributed by atoms with van der Waals surface area (Å²) in [5, 5.41) is 9.80. The third-order valence-electron chi connectivity index (χ3n) is 12.8. The second-order valence-electron chi connectivity index (χ2n) is 16.2. The molecule has 3 aromatic carbocycles. The Hall–Kier alpha value is -3.40. The van der Waals surface area contributed by atoms with E-state index in [1.165, 1.54) is 16.0 Å². The Morgan fingerprint density at radius 3 is 2.17 bits per heavy atom. The van der Waals surface area contributed by atoms with E-state index >= 15 is 0 Å². The van der Waals surface area contributed by atoms with Gasteiger partial charge in [-0.1, -0.05) is 53.5 Å². The van der Waals surface area contributed by atoms with Gasteiger partial charge in [0.2, 0.25) is 5.91 Å². The van der Waals surface area contributed by atoms with Gasteiger partial charge in [0.25, 0.3) is 5.91 Å². The lowest BCUT2D eigenvalue weighted by Crippen LogP contribution is -2.54. The van der Waals surface area contributed by atoms with Gasteiger partial charge in [0.05, 0.1) is 40.4 Å². The predicted octanol–water partition coefficient (Wildman–Crippen LogP) is 8.39. The molecule has 3 aromatic rings. The molecular weight excluding hydrogens is 823 g/mol. The normalized spacial score (nSPS) is 22.8. The van der Waals surface area contributed by atoms with Crippen LogP contribution in [0.2, 0.25) is 10.0 Å². The van der Waals surface area contributed by atoms with Crippen molar-refractivity contribution in [2.75, 3.05) is 65.6 Å². The predicted molar refractivity (Wildman–Crippen MR) is 209 cm³/mol. The molecule has 16 heteroatoms. The lowest BCUT2D eigenvalue weighted by Gasteiger charge is -2.46. The molecule has 0 radical (unpaired) electrons. The number of rotatable bonds is 10. The molecular formula is C43H47Cl2F6N3O5. The van der Waals surface area contributed by atoms with E-state index in [0.717, 1.165) is 32.1 Å². The van der Waals surface area contributed by atoms with Crippen LogP contribution in [0.3, 0.4) is 0 Å². The Labute approximate surface area is 349 Å². The number of carbonyl (C=O) groups excluding carboxylic acids is 2. The maximum atomic E-state index is 13.8. The third kappa shape index (κ3) is 9.43. The van der Waals surface area contributed by atoms with Crippen molar-refractivity contribution in [2.45, 2.75) is 74.4 Å². The number of halogens is 8. The zero-order valence-corrected chi connectivity index (χ0v) is 33.9. The monoisotopic (exact) mass is 869 g/mol. The van der Waals surface area contributed by atoms with Crippen LogP contribution in [0.1, 0.15) is 76.7 Å². The number of nitrogens with zero attached hydrogens (tertiary/aromatic N) is 3. The molecule has 1 aliphatic carbocycles. The van der Waals surface area contributed by atoms with Gasteiger partial charge >= 0.3 is 12.4 Å². The minimum Gasteiger partial charge on any atom is -0.396 e. The summed E-state index contributed by atoms with van der Waals surface area (Å²) >= 11 is 12.7. The smallest absolute Gasteiger partial charge is 0.396 e. The molecule has 320 valence electrons. The fourth-order valence-corrected chi connectivity index (χ4v) is 9.76. The Kier molecular flexibility index (Phi) is 13.0. The van der Waals surface area contributed by atoms with E-state index in [1.807, 2.05) is 17.0 Å². The number of likely N-dealkylation sites (tertiary alicyclic amines) is 2. The van der Waals surface area contributed by atoms with Crippen LogP contribution in [0.15, 0.2) is 60.7 Å². The first-order valence-electron chi connectivity index (χ1n) is 20.0. The Bertz CT molecular complexity index is 1970. The molecule has 3 heterocycles. The average Bonchev–Trinajstić information content (AvgIpc) is 3.52. The van der Waals surface area contributed by atoms with Crippen LogP contribution in [0.4, 0.5) is 26.3 Å². The maximum absolute atomic E-state index is 13.8. The van der Waals surface area contributed by atoms with Crippen LogP contribution in [0.5, 0.6) is 0 Å². The van der Waals surface area contributed by atoms with E-state index in [-0.39, 0.29) is 66.4 Å². The highest BCUT2D eigenvalue weighted by Gasteiger charge is 2.50. The van der Waals surface area contributed by atoms with Crippen LogP contribution in [0.25, 0.3) is 0 Å². The third-order valence-corrected chi connectivity index (χ3v) is 13.6. The molecule has 1 spiro atoms. The SMILES string of the molecule is O=C(CO[C@H]1Cc2ccccc2C12CCN(CC[C@@]1(c3ccc(Cl)c(Cl)c3)CN(C(=O)c3cc(C(F)(F)F)cc(C(F)(F)F)c3)CCO1)CC2)N1CCC(CCO)CC1. The van der Waals surface area contributed by atoms with E-state index in [0.29, 0.717) is 69.2 Å². The number of ether oxygens (including phenoxy) is 2. The molecule has 0 saturated carbocycles. The Balaban J connectivity index is 1.07. The van der Waals surface area contributed by atoms with Crippen molar-refractivity contribution in [3.63, 3.8) is 0 Å². The van der Waals surface area contributed by atoms with Crippen molar-refractivity contribution < 1.29 is 50.5 Å². The van der Waals surface area contributed by atoms with Gasteiger partial charge in [0.15, 0.2) is 0 Å². The summed E-state index contributed by atoms with van der Waals surface area (Å²) in [6, 6.07) is 14.1. The number of amides is 2. The molecule has 0 bridgehead atoms. The zero-order chi connectivity index (χ0) is 42.2. The number of benzene rings is 3. The van der Waals surface area contributed by atoms with E-state index in [4.69, 9.17) is 32.7 Å². The van der Waals surface area contributed by atoms with Gasteiger partial charge in [-0.15, -0.1) is 0 Å². The van der Waals surface area contributed by atoms with Gasteiger partial charge in [0.1, 0.15) is 12.2 Å². The Morgan fingerprint density at radius 1 is 0.847 bits per heavy atom. The Morgan fingerprint density at radius 2 is 1.53 bits per heavy atom. The quantitative estimate of drug-likeness (QED) is 0.206. The molecule has 3 fully saturated rings. The first-order chi connectivity index (χ1) is 28.0. The molecule has 7 rings (SSSR count). The largest absolute Gasteiger partial charge is 0.416 e. The fourth-order valence-electron chi connectivity index (χ4n) is 9.46. The fraction of sp³-hybridized carbons (Fsp3) is 0.535. The number of aliphatic hydroxyl groups excluding tert-OH is 1. The van der Waals surface area contributed by atoms with Crippen LogP contribution in [0, 0.1) is 5.92 Å². The molecule has 8 nitrogen and oxygen atoms in total. The van der Waals surface area contributed by atoms with Crippen molar-refractivity contribution in [3.05, 3.63) is 104 Å². The minimum atomic E-state index is -5.11. The average molecular weight is 871 g/mol. The van der Waals surface area contributed by atoms with Crippen LogP contribution < -0.4 is 0 Å². The van der Waals surface area contributed by atoms with Gasteiger partial charge < -0.3 is 29.3 Å². The number of fused-ring (bicyclic) bond motifs is 2. The summed E-state index contributed by atoms with van der Waals surface area (Å²) in [5.74, 6) is -0.588. The van der Waals surface area contributed by atoms with Crippen LogP contribution >= 0.6 is 23.2 Å². The number of morpholine rings is 1. The zero-order valence-electron chi connectivity index (χ0n) is 32.4. The lowest BCUT2D eigenvalue weighted by atomic mass is 9.72. The molecule has 0 aromatic heterocycles. The second-order valence-corrected chi connectivity index (χ2v) is 17.1. The summed E-state index contributed by atoms with van der Waals surface area (Å²) in [6.07, 6.45) is -5.43.